The van der Waals surface area contributed by atoms with E-state index in [0.29, 0.717) is 18.0 Å². The number of sulfonamides is 1. The topological polar surface area (TPSA) is 79.0 Å². The van der Waals surface area contributed by atoms with E-state index in [0.717, 1.165) is 29.2 Å². The maximum Gasteiger partial charge on any atom is 0.243 e. The molecular weight excluding hydrogens is 390 g/mol. The Labute approximate surface area is 173 Å². The molecule has 0 fully saturated rings. The summed E-state index contributed by atoms with van der Waals surface area (Å²) in [5, 5.41) is 2.84. The number of amides is 1. The van der Waals surface area contributed by atoms with Crippen LogP contribution >= 0.6 is 0 Å². The van der Waals surface area contributed by atoms with Crippen molar-refractivity contribution >= 4 is 27.3 Å². The first-order chi connectivity index (χ1) is 13.7. The van der Waals surface area contributed by atoms with Crippen molar-refractivity contribution in [3.8, 4) is 5.75 Å². The van der Waals surface area contributed by atoms with Gasteiger partial charge in [0.2, 0.25) is 15.9 Å². The molecule has 0 bridgehead atoms. The fourth-order valence-electron chi connectivity index (χ4n) is 3.03. The maximum atomic E-state index is 12.6. The number of anilines is 2. The summed E-state index contributed by atoms with van der Waals surface area (Å²) in [5.41, 5.74) is 1.52. The van der Waals surface area contributed by atoms with Gasteiger partial charge < -0.3 is 15.0 Å². The third-order valence-corrected chi connectivity index (χ3v) is 5.82. The molecule has 158 valence electrons. The third-order valence-electron chi connectivity index (χ3n) is 4.58. The first-order valence-corrected chi connectivity index (χ1v) is 11.3. The van der Waals surface area contributed by atoms with Crippen LogP contribution in [0.15, 0.2) is 54.6 Å². The van der Waals surface area contributed by atoms with Gasteiger partial charge in [-0.3, -0.25) is 9.10 Å². The van der Waals surface area contributed by atoms with Gasteiger partial charge in [-0.05, 0) is 49.7 Å². The van der Waals surface area contributed by atoms with E-state index in [9.17, 15) is 13.2 Å². The number of hydrogen-bond acceptors (Lipinski definition) is 5. The van der Waals surface area contributed by atoms with Crippen molar-refractivity contribution in [2.45, 2.75) is 19.4 Å². The molecule has 0 aliphatic rings. The van der Waals surface area contributed by atoms with Crippen LogP contribution in [0, 0.1) is 0 Å². The average Bonchev–Trinajstić information content (AvgIpc) is 2.71. The van der Waals surface area contributed by atoms with Crippen molar-refractivity contribution < 1.29 is 17.9 Å². The van der Waals surface area contributed by atoms with Crippen LogP contribution in [0.4, 0.5) is 11.4 Å². The van der Waals surface area contributed by atoms with E-state index in [4.69, 9.17) is 4.74 Å². The summed E-state index contributed by atoms with van der Waals surface area (Å²) >= 11 is 0. The highest BCUT2D eigenvalue weighted by Gasteiger charge is 2.28. The lowest BCUT2D eigenvalue weighted by Gasteiger charge is -2.28. The highest BCUT2D eigenvalue weighted by atomic mass is 32.2. The molecule has 0 aromatic heterocycles. The van der Waals surface area contributed by atoms with Crippen LogP contribution in [0.1, 0.15) is 13.3 Å². The maximum absolute atomic E-state index is 12.6. The standard InChI is InChI=1S/C21H29N3O4S/c1-17(24(29(4,26)27)19-11-13-20(28-3)14-12-19)21(25)22-15-8-16-23(2)18-9-6-5-7-10-18/h5-7,9-14,17H,8,15-16H2,1-4H3,(H,22,25). The van der Waals surface area contributed by atoms with E-state index in [1.165, 1.54) is 7.11 Å². The molecule has 0 aliphatic heterocycles. The van der Waals surface area contributed by atoms with Gasteiger partial charge in [0.15, 0.2) is 0 Å². The van der Waals surface area contributed by atoms with Gasteiger partial charge in [-0.25, -0.2) is 8.42 Å². The highest BCUT2D eigenvalue weighted by molar-refractivity contribution is 7.92. The van der Waals surface area contributed by atoms with E-state index in [2.05, 4.69) is 10.2 Å². The van der Waals surface area contributed by atoms with Crippen LogP contribution in [0.3, 0.4) is 0 Å². The Morgan fingerprint density at radius 2 is 1.69 bits per heavy atom. The van der Waals surface area contributed by atoms with Gasteiger partial charge in [0.25, 0.3) is 0 Å². The lowest BCUT2D eigenvalue weighted by molar-refractivity contribution is -0.121. The van der Waals surface area contributed by atoms with Gasteiger partial charge in [-0.15, -0.1) is 0 Å². The van der Waals surface area contributed by atoms with Crippen molar-refractivity contribution in [3.05, 3.63) is 54.6 Å². The normalized spacial score (nSPS) is 12.1. The SMILES string of the molecule is COc1ccc(N(C(C)C(=O)NCCCN(C)c2ccccc2)S(C)(=O)=O)cc1. The predicted molar refractivity (Wildman–Crippen MR) is 117 cm³/mol. The number of nitrogens with zero attached hydrogens (tertiary/aromatic N) is 2. The second-order valence-electron chi connectivity index (χ2n) is 6.83. The van der Waals surface area contributed by atoms with E-state index >= 15 is 0 Å². The molecule has 2 aromatic carbocycles. The second-order valence-corrected chi connectivity index (χ2v) is 8.69. The Kier molecular flexibility index (Phi) is 7.90. The molecule has 0 heterocycles. The van der Waals surface area contributed by atoms with Gasteiger partial charge in [-0.1, -0.05) is 18.2 Å². The molecule has 1 N–H and O–H groups in total. The smallest absolute Gasteiger partial charge is 0.243 e. The van der Waals surface area contributed by atoms with E-state index in [1.54, 1.807) is 31.2 Å². The van der Waals surface area contributed by atoms with Crippen molar-refractivity contribution in [2.75, 3.05) is 42.7 Å². The fourth-order valence-corrected chi connectivity index (χ4v) is 4.20. The third kappa shape index (κ3) is 6.39. The van der Waals surface area contributed by atoms with Gasteiger partial charge in [0.1, 0.15) is 11.8 Å². The molecule has 0 saturated carbocycles. The number of carbonyl (C=O) groups excluding carboxylic acids is 1. The number of hydrogen-bond donors (Lipinski definition) is 1. The zero-order chi connectivity index (χ0) is 21.4. The minimum atomic E-state index is -3.64. The van der Waals surface area contributed by atoms with Crippen molar-refractivity contribution in [1.29, 1.82) is 0 Å². The summed E-state index contributed by atoms with van der Waals surface area (Å²) < 4.78 is 30.9. The minimum absolute atomic E-state index is 0.339. The number of nitrogens with one attached hydrogen (secondary N) is 1. The number of para-hydroxylation sites is 1. The Balaban J connectivity index is 1.94. The van der Waals surface area contributed by atoms with Crippen LogP contribution in [0.25, 0.3) is 0 Å². The number of carbonyl (C=O) groups is 1. The van der Waals surface area contributed by atoms with Gasteiger partial charge in [0.05, 0.1) is 19.1 Å². The fraction of sp³-hybridized carbons (Fsp3) is 0.381. The zero-order valence-corrected chi connectivity index (χ0v) is 18.1. The molecule has 0 spiro atoms. The Hall–Kier alpha value is -2.74. The van der Waals surface area contributed by atoms with Crippen LogP contribution in [0.5, 0.6) is 5.75 Å². The molecule has 8 heteroatoms. The lowest BCUT2D eigenvalue weighted by Crippen LogP contribution is -2.48. The molecule has 1 unspecified atom stereocenters. The monoisotopic (exact) mass is 419 g/mol. The lowest BCUT2D eigenvalue weighted by atomic mass is 10.2. The summed E-state index contributed by atoms with van der Waals surface area (Å²) in [6.45, 7) is 2.81. The Morgan fingerprint density at radius 1 is 1.07 bits per heavy atom. The first-order valence-electron chi connectivity index (χ1n) is 9.41. The van der Waals surface area contributed by atoms with Gasteiger partial charge >= 0.3 is 0 Å². The first kappa shape index (κ1) is 22.5. The molecule has 0 saturated heterocycles. The minimum Gasteiger partial charge on any atom is -0.497 e. The molecule has 7 nitrogen and oxygen atoms in total. The number of methoxy groups -OCH3 is 1. The molecule has 1 amide bonds. The van der Waals surface area contributed by atoms with Crippen LogP contribution in [-0.2, 0) is 14.8 Å². The Morgan fingerprint density at radius 3 is 2.24 bits per heavy atom. The van der Waals surface area contributed by atoms with Crippen LogP contribution in [-0.4, -0.2) is 53.9 Å². The molecule has 2 rings (SSSR count). The molecule has 1 atom stereocenters. The van der Waals surface area contributed by atoms with Crippen LogP contribution < -0.4 is 19.3 Å². The number of ether oxygens (including phenoxy) is 1. The summed E-state index contributed by atoms with van der Waals surface area (Å²) in [7, 11) is -0.107. The largest absolute Gasteiger partial charge is 0.497 e. The summed E-state index contributed by atoms with van der Waals surface area (Å²) in [4.78, 5) is 14.7. The van der Waals surface area contributed by atoms with E-state index < -0.39 is 16.1 Å². The van der Waals surface area contributed by atoms with Crippen molar-refractivity contribution in [1.82, 2.24) is 5.32 Å². The summed E-state index contributed by atoms with van der Waals surface area (Å²) in [6.07, 6.45) is 1.83. The van der Waals surface area contributed by atoms with Crippen molar-refractivity contribution in [2.24, 2.45) is 0 Å². The zero-order valence-electron chi connectivity index (χ0n) is 17.3. The van der Waals surface area contributed by atoms with Crippen molar-refractivity contribution in [3.63, 3.8) is 0 Å². The molecule has 0 radical (unpaired) electrons. The van der Waals surface area contributed by atoms with Gasteiger partial charge in [-0.2, -0.15) is 0 Å². The molecule has 29 heavy (non-hydrogen) atoms. The predicted octanol–water partition coefficient (Wildman–Crippen LogP) is 2.49. The van der Waals surface area contributed by atoms with Crippen LogP contribution in [0.2, 0.25) is 0 Å². The molecule has 0 aliphatic carbocycles. The second kappa shape index (κ2) is 10.2. The highest BCUT2D eigenvalue weighted by Crippen LogP contribution is 2.23. The molecule has 2 aromatic rings. The molecular formula is C21H29N3O4S. The quantitative estimate of drug-likeness (QED) is 0.599. The number of rotatable bonds is 10. The summed E-state index contributed by atoms with van der Waals surface area (Å²) in [6, 6.07) is 15.7. The average molecular weight is 420 g/mol. The van der Waals surface area contributed by atoms with Gasteiger partial charge in [0, 0.05) is 25.8 Å². The van der Waals surface area contributed by atoms with E-state index in [-0.39, 0.29) is 5.91 Å². The number of benzene rings is 2. The summed E-state index contributed by atoms with van der Waals surface area (Å²) in [5.74, 6) is 0.274. The van der Waals surface area contributed by atoms with E-state index in [1.807, 2.05) is 37.4 Å². The Bertz CT molecular complexity index is 886.